The van der Waals surface area contributed by atoms with Gasteiger partial charge in [0.05, 0.1) is 11.0 Å². The average molecular weight is 210 g/mol. The van der Waals surface area contributed by atoms with E-state index >= 15 is 0 Å². The molecule has 0 spiro atoms. The normalized spacial score (nSPS) is 10.6. The van der Waals surface area contributed by atoms with Gasteiger partial charge in [-0.2, -0.15) is 0 Å². The van der Waals surface area contributed by atoms with E-state index in [1.807, 2.05) is 24.3 Å². The highest BCUT2D eigenvalue weighted by Crippen LogP contribution is 2.18. The number of amides is 1. The van der Waals surface area contributed by atoms with Crippen LogP contribution in [0.2, 0.25) is 5.28 Å². The molecule has 2 aromatic rings. The van der Waals surface area contributed by atoms with Crippen molar-refractivity contribution in [1.29, 1.82) is 0 Å². The Morgan fingerprint density at radius 2 is 2.21 bits per heavy atom. The summed E-state index contributed by atoms with van der Waals surface area (Å²) in [5, 5.41) is 0.282. The summed E-state index contributed by atoms with van der Waals surface area (Å²) in [4.78, 5) is 14.9. The van der Waals surface area contributed by atoms with Crippen LogP contribution >= 0.6 is 11.6 Å². The minimum Gasteiger partial charge on any atom is -0.368 e. The van der Waals surface area contributed by atoms with E-state index in [1.165, 1.54) is 0 Å². The van der Waals surface area contributed by atoms with Gasteiger partial charge in [-0.15, -0.1) is 0 Å². The second-order valence-corrected chi connectivity index (χ2v) is 3.26. The number of hydrogen-bond donors (Lipinski definition) is 1. The molecular formula is C9H8ClN3O. The first kappa shape index (κ1) is 9.02. The lowest BCUT2D eigenvalue weighted by atomic mass is 10.3. The summed E-state index contributed by atoms with van der Waals surface area (Å²) in [6, 6.07) is 7.40. The minimum atomic E-state index is -0.435. The number of benzene rings is 1. The Bertz CT molecular complexity index is 492. The van der Waals surface area contributed by atoms with Crippen molar-refractivity contribution in [3.05, 3.63) is 29.5 Å². The van der Waals surface area contributed by atoms with Crippen LogP contribution in [0, 0.1) is 0 Å². The van der Waals surface area contributed by atoms with E-state index in [2.05, 4.69) is 4.98 Å². The molecule has 0 bridgehead atoms. The van der Waals surface area contributed by atoms with Crippen LogP contribution < -0.4 is 5.73 Å². The first-order chi connectivity index (χ1) is 6.68. The first-order valence-corrected chi connectivity index (χ1v) is 4.45. The Kier molecular flexibility index (Phi) is 2.13. The van der Waals surface area contributed by atoms with E-state index in [9.17, 15) is 4.79 Å². The summed E-state index contributed by atoms with van der Waals surface area (Å²) in [6.45, 7) is 0.0549. The predicted molar refractivity (Wildman–Crippen MR) is 53.9 cm³/mol. The Balaban J connectivity index is 2.62. The SMILES string of the molecule is NC(=O)Cn1c(Cl)nc2ccccc21. The summed E-state index contributed by atoms with van der Waals surface area (Å²) in [5.41, 5.74) is 6.68. The lowest BCUT2D eigenvalue weighted by Gasteiger charge is -2.00. The van der Waals surface area contributed by atoms with Crippen LogP contribution in [0.3, 0.4) is 0 Å². The zero-order chi connectivity index (χ0) is 10.1. The maximum absolute atomic E-state index is 10.8. The van der Waals surface area contributed by atoms with E-state index in [4.69, 9.17) is 17.3 Å². The number of halogens is 1. The number of hydrogen-bond acceptors (Lipinski definition) is 2. The van der Waals surface area contributed by atoms with Gasteiger partial charge in [0.25, 0.3) is 0 Å². The average Bonchev–Trinajstić information content (AvgIpc) is 2.43. The number of carbonyl (C=O) groups excluding carboxylic acids is 1. The quantitative estimate of drug-likeness (QED) is 0.807. The largest absolute Gasteiger partial charge is 0.368 e. The van der Waals surface area contributed by atoms with Crippen LogP contribution in [0.15, 0.2) is 24.3 Å². The van der Waals surface area contributed by atoms with Crippen molar-refractivity contribution in [2.75, 3.05) is 0 Å². The summed E-state index contributed by atoms with van der Waals surface area (Å²) < 4.78 is 1.58. The molecule has 1 amide bonds. The maximum Gasteiger partial charge on any atom is 0.237 e. The minimum absolute atomic E-state index is 0.0549. The molecule has 14 heavy (non-hydrogen) atoms. The molecule has 0 aliphatic heterocycles. The first-order valence-electron chi connectivity index (χ1n) is 4.07. The number of fused-ring (bicyclic) bond motifs is 1. The highest BCUT2D eigenvalue weighted by Gasteiger charge is 2.09. The Labute approximate surface area is 85.3 Å². The molecule has 2 N–H and O–H groups in total. The van der Waals surface area contributed by atoms with Crippen LogP contribution in [-0.2, 0) is 11.3 Å². The van der Waals surface area contributed by atoms with Crippen LogP contribution in [0.25, 0.3) is 11.0 Å². The predicted octanol–water partition coefficient (Wildman–Crippen LogP) is 1.18. The molecule has 0 unspecified atom stereocenters. The summed E-state index contributed by atoms with van der Waals surface area (Å²) in [6.07, 6.45) is 0. The van der Waals surface area contributed by atoms with E-state index in [1.54, 1.807) is 4.57 Å². The second-order valence-electron chi connectivity index (χ2n) is 2.92. The van der Waals surface area contributed by atoms with Gasteiger partial charge in [-0.3, -0.25) is 4.79 Å². The molecule has 1 aromatic carbocycles. The molecule has 0 fully saturated rings. The Morgan fingerprint density at radius 3 is 2.93 bits per heavy atom. The van der Waals surface area contributed by atoms with E-state index in [0.29, 0.717) is 0 Å². The van der Waals surface area contributed by atoms with E-state index < -0.39 is 5.91 Å². The number of rotatable bonds is 2. The molecule has 0 radical (unpaired) electrons. The Hall–Kier alpha value is -1.55. The van der Waals surface area contributed by atoms with Gasteiger partial charge in [0.2, 0.25) is 11.2 Å². The molecule has 4 nitrogen and oxygen atoms in total. The fourth-order valence-electron chi connectivity index (χ4n) is 1.35. The molecule has 5 heteroatoms. The van der Waals surface area contributed by atoms with Gasteiger partial charge in [0, 0.05) is 0 Å². The van der Waals surface area contributed by atoms with Crippen molar-refractivity contribution in [3.63, 3.8) is 0 Å². The smallest absolute Gasteiger partial charge is 0.237 e. The van der Waals surface area contributed by atoms with Gasteiger partial charge in [-0.25, -0.2) is 4.98 Å². The molecule has 0 saturated heterocycles. The molecule has 0 saturated carbocycles. The number of nitrogens with two attached hydrogens (primary N) is 1. The molecule has 72 valence electrons. The number of nitrogens with zero attached hydrogens (tertiary/aromatic N) is 2. The lowest BCUT2D eigenvalue weighted by molar-refractivity contribution is -0.118. The molecular weight excluding hydrogens is 202 g/mol. The number of aromatic nitrogens is 2. The summed E-state index contributed by atoms with van der Waals surface area (Å²) in [5.74, 6) is -0.435. The van der Waals surface area contributed by atoms with Gasteiger partial charge in [-0.1, -0.05) is 12.1 Å². The van der Waals surface area contributed by atoms with Crippen LogP contribution in [0.4, 0.5) is 0 Å². The molecule has 2 rings (SSSR count). The van der Waals surface area contributed by atoms with Crippen molar-refractivity contribution in [2.45, 2.75) is 6.54 Å². The third-order valence-electron chi connectivity index (χ3n) is 1.92. The van der Waals surface area contributed by atoms with Gasteiger partial charge in [0.15, 0.2) is 0 Å². The highest BCUT2D eigenvalue weighted by atomic mass is 35.5. The van der Waals surface area contributed by atoms with Crippen LogP contribution in [0.5, 0.6) is 0 Å². The lowest BCUT2D eigenvalue weighted by Crippen LogP contribution is -2.18. The molecule has 0 aliphatic rings. The van der Waals surface area contributed by atoms with Gasteiger partial charge in [-0.05, 0) is 23.7 Å². The third-order valence-corrected chi connectivity index (χ3v) is 2.21. The van der Waals surface area contributed by atoms with Crippen molar-refractivity contribution in [2.24, 2.45) is 5.73 Å². The third kappa shape index (κ3) is 1.44. The van der Waals surface area contributed by atoms with Gasteiger partial charge < -0.3 is 10.3 Å². The van der Waals surface area contributed by atoms with Crippen molar-refractivity contribution in [1.82, 2.24) is 9.55 Å². The van der Waals surface area contributed by atoms with Gasteiger partial charge >= 0.3 is 0 Å². The fourth-order valence-corrected chi connectivity index (χ4v) is 1.59. The number of primary amides is 1. The molecule has 0 aliphatic carbocycles. The zero-order valence-corrected chi connectivity index (χ0v) is 8.03. The molecule has 1 aromatic heterocycles. The Morgan fingerprint density at radius 1 is 1.50 bits per heavy atom. The summed E-state index contributed by atoms with van der Waals surface area (Å²) >= 11 is 5.86. The number of carbonyl (C=O) groups is 1. The molecule has 0 atom stereocenters. The summed E-state index contributed by atoms with van der Waals surface area (Å²) in [7, 11) is 0. The topological polar surface area (TPSA) is 60.9 Å². The highest BCUT2D eigenvalue weighted by molar-refractivity contribution is 6.29. The fraction of sp³-hybridized carbons (Fsp3) is 0.111. The van der Waals surface area contributed by atoms with Crippen LogP contribution in [-0.4, -0.2) is 15.5 Å². The number of para-hydroxylation sites is 2. The van der Waals surface area contributed by atoms with Crippen molar-refractivity contribution < 1.29 is 4.79 Å². The van der Waals surface area contributed by atoms with Crippen molar-refractivity contribution >= 4 is 28.5 Å². The maximum atomic E-state index is 10.8. The van der Waals surface area contributed by atoms with E-state index in [0.717, 1.165) is 11.0 Å². The number of imidazole rings is 1. The van der Waals surface area contributed by atoms with Crippen molar-refractivity contribution in [3.8, 4) is 0 Å². The monoisotopic (exact) mass is 209 g/mol. The van der Waals surface area contributed by atoms with Gasteiger partial charge in [0.1, 0.15) is 6.54 Å². The standard InChI is InChI=1S/C9H8ClN3O/c10-9-12-6-3-1-2-4-7(6)13(9)5-8(11)14/h1-4H,5H2,(H2,11,14). The van der Waals surface area contributed by atoms with Crippen LogP contribution in [0.1, 0.15) is 0 Å². The molecule has 1 heterocycles. The van der Waals surface area contributed by atoms with E-state index in [-0.39, 0.29) is 11.8 Å². The zero-order valence-electron chi connectivity index (χ0n) is 7.27. The second kappa shape index (κ2) is 3.31.